The van der Waals surface area contributed by atoms with Gasteiger partial charge < -0.3 is 9.52 Å². The summed E-state index contributed by atoms with van der Waals surface area (Å²) in [4.78, 5) is 11.1. The number of hydrogen-bond donors (Lipinski definition) is 2. The van der Waals surface area contributed by atoms with E-state index in [2.05, 4.69) is 5.32 Å². The number of nitrogens with one attached hydrogen (secondary N) is 1. The summed E-state index contributed by atoms with van der Waals surface area (Å²) in [5, 5.41) is 12.0. The molecule has 112 valence electrons. The van der Waals surface area contributed by atoms with E-state index in [-0.39, 0.29) is 18.3 Å². The van der Waals surface area contributed by atoms with Gasteiger partial charge in [-0.1, -0.05) is 26.0 Å². The van der Waals surface area contributed by atoms with Gasteiger partial charge in [-0.3, -0.25) is 10.1 Å². The SMILES string of the molecule is CC(C)[C@H](NCc1ccc(-c2ccccc2F)o1)C(=O)O. The maximum Gasteiger partial charge on any atom is 0.320 e. The Morgan fingerprint density at radius 3 is 2.62 bits per heavy atom. The van der Waals surface area contributed by atoms with Gasteiger partial charge in [0, 0.05) is 0 Å². The number of rotatable bonds is 6. The number of hydrogen-bond acceptors (Lipinski definition) is 3. The molecule has 0 bridgehead atoms. The van der Waals surface area contributed by atoms with Crippen molar-refractivity contribution in [2.45, 2.75) is 26.4 Å². The lowest BCUT2D eigenvalue weighted by Gasteiger charge is -2.16. The number of benzene rings is 1. The van der Waals surface area contributed by atoms with Crippen molar-refractivity contribution >= 4 is 5.97 Å². The van der Waals surface area contributed by atoms with Gasteiger partial charge in [-0.2, -0.15) is 0 Å². The van der Waals surface area contributed by atoms with E-state index in [4.69, 9.17) is 9.52 Å². The second-order valence-corrected chi connectivity index (χ2v) is 5.19. The van der Waals surface area contributed by atoms with Crippen molar-refractivity contribution in [3.63, 3.8) is 0 Å². The quantitative estimate of drug-likeness (QED) is 0.857. The Labute approximate surface area is 122 Å². The number of carboxylic acids is 1. The Balaban J connectivity index is 2.07. The molecule has 2 aromatic rings. The zero-order valence-corrected chi connectivity index (χ0v) is 12.0. The second kappa shape index (κ2) is 6.54. The van der Waals surface area contributed by atoms with Crippen molar-refractivity contribution in [3.8, 4) is 11.3 Å². The van der Waals surface area contributed by atoms with E-state index in [1.807, 2.05) is 13.8 Å². The molecule has 0 spiro atoms. The van der Waals surface area contributed by atoms with Crippen molar-refractivity contribution in [3.05, 3.63) is 48.0 Å². The molecule has 2 N–H and O–H groups in total. The first-order valence-corrected chi connectivity index (χ1v) is 6.79. The molecule has 0 saturated carbocycles. The van der Waals surface area contributed by atoms with Crippen LogP contribution >= 0.6 is 0 Å². The Morgan fingerprint density at radius 2 is 2.00 bits per heavy atom. The molecule has 0 unspecified atom stereocenters. The van der Waals surface area contributed by atoms with E-state index >= 15 is 0 Å². The van der Waals surface area contributed by atoms with Gasteiger partial charge in [-0.25, -0.2) is 4.39 Å². The van der Waals surface area contributed by atoms with Crippen LogP contribution < -0.4 is 5.32 Å². The monoisotopic (exact) mass is 291 g/mol. The zero-order chi connectivity index (χ0) is 15.4. The summed E-state index contributed by atoms with van der Waals surface area (Å²) in [6, 6.07) is 9.11. The molecule has 0 aliphatic carbocycles. The molecular weight excluding hydrogens is 273 g/mol. The van der Waals surface area contributed by atoms with E-state index in [1.165, 1.54) is 6.07 Å². The Bertz CT molecular complexity index is 621. The molecular formula is C16H18FNO3. The topological polar surface area (TPSA) is 62.5 Å². The predicted molar refractivity (Wildman–Crippen MR) is 77.2 cm³/mol. The van der Waals surface area contributed by atoms with Crippen LogP contribution in [0.3, 0.4) is 0 Å². The van der Waals surface area contributed by atoms with Crippen LogP contribution in [0.5, 0.6) is 0 Å². The first kappa shape index (κ1) is 15.3. The lowest BCUT2D eigenvalue weighted by Crippen LogP contribution is -2.40. The highest BCUT2D eigenvalue weighted by Crippen LogP contribution is 2.24. The molecule has 21 heavy (non-hydrogen) atoms. The van der Waals surface area contributed by atoms with Crippen molar-refractivity contribution in [1.82, 2.24) is 5.32 Å². The van der Waals surface area contributed by atoms with Gasteiger partial charge in [-0.15, -0.1) is 0 Å². The van der Waals surface area contributed by atoms with Crippen molar-refractivity contribution in [1.29, 1.82) is 0 Å². The third kappa shape index (κ3) is 3.70. The van der Waals surface area contributed by atoms with Crippen LogP contribution in [0.2, 0.25) is 0 Å². The normalized spacial score (nSPS) is 12.6. The van der Waals surface area contributed by atoms with Gasteiger partial charge in [0.05, 0.1) is 12.1 Å². The van der Waals surface area contributed by atoms with Gasteiger partial charge >= 0.3 is 5.97 Å². The highest BCUT2D eigenvalue weighted by Gasteiger charge is 2.21. The average molecular weight is 291 g/mol. The van der Waals surface area contributed by atoms with E-state index in [1.54, 1.807) is 30.3 Å². The maximum atomic E-state index is 13.7. The first-order chi connectivity index (χ1) is 9.99. The van der Waals surface area contributed by atoms with Gasteiger partial charge in [0.15, 0.2) is 0 Å². The molecule has 0 fully saturated rings. The minimum absolute atomic E-state index is 0.0384. The first-order valence-electron chi connectivity index (χ1n) is 6.79. The van der Waals surface area contributed by atoms with Crippen LogP contribution in [0.1, 0.15) is 19.6 Å². The largest absolute Gasteiger partial charge is 0.480 e. The summed E-state index contributed by atoms with van der Waals surface area (Å²) in [5.41, 5.74) is 0.391. The van der Waals surface area contributed by atoms with Crippen LogP contribution in [-0.4, -0.2) is 17.1 Å². The van der Waals surface area contributed by atoms with E-state index in [0.29, 0.717) is 17.1 Å². The van der Waals surface area contributed by atoms with Crippen LogP contribution in [0.15, 0.2) is 40.8 Å². The molecule has 1 aromatic carbocycles. The fraction of sp³-hybridized carbons (Fsp3) is 0.312. The van der Waals surface area contributed by atoms with Crippen molar-refractivity contribution < 1.29 is 18.7 Å². The molecule has 0 amide bonds. The number of halogens is 1. The number of carbonyl (C=O) groups is 1. The highest BCUT2D eigenvalue weighted by atomic mass is 19.1. The highest BCUT2D eigenvalue weighted by molar-refractivity contribution is 5.73. The molecule has 1 aromatic heterocycles. The summed E-state index contributed by atoms with van der Waals surface area (Å²) in [6.07, 6.45) is 0. The molecule has 5 heteroatoms. The lowest BCUT2D eigenvalue weighted by atomic mass is 10.1. The Hall–Kier alpha value is -2.14. The number of carboxylic acid groups (broad SMARTS) is 1. The fourth-order valence-electron chi connectivity index (χ4n) is 2.10. The summed E-state index contributed by atoms with van der Waals surface area (Å²) in [6.45, 7) is 3.95. The van der Waals surface area contributed by atoms with Crippen LogP contribution in [0, 0.1) is 11.7 Å². The smallest absolute Gasteiger partial charge is 0.320 e. The average Bonchev–Trinajstić information content (AvgIpc) is 2.87. The zero-order valence-electron chi connectivity index (χ0n) is 12.0. The molecule has 1 heterocycles. The van der Waals surface area contributed by atoms with Gasteiger partial charge in [0.2, 0.25) is 0 Å². The van der Waals surface area contributed by atoms with Crippen LogP contribution in [0.4, 0.5) is 4.39 Å². The third-order valence-electron chi connectivity index (χ3n) is 3.23. The predicted octanol–water partition coefficient (Wildman–Crippen LogP) is 3.28. The Kier molecular flexibility index (Phi) is 4.75. The maximum absolute atomic E-state index is 13.7. The summed E-state index contributed by atoms with van der Waals surface area (Å²) in [7, 11) is 0. The van der Waals surface area contributed by atoms with Gasteiger partial charge in [0.1, 0.15) is 23.4 Å². The third-order valence-corrected chi connectivity index (χ3v) is 3.23. The van der Waals surface area contributed by atoms with Crippen molar-refractivity contribution in [2.24, 2.45) is 5.92 Å². The molecule has 0 saturated heterocycles. The fourth-order valence-corrected chi connectivity index (χ4v) is 2.10. The van der Waals surface area contributed by atoms with E-state index in [9.17, 15) is 9.18 Å². The number of aliphatic carboxylic acids is 1. The molecule has 0 aliphatic rings. The minimum atomic E-state index is -0.897. The molecule has 0 aliphatic heterocycles. The molecule has 4 nitrogen and oxygen atoms in total. The lowest BCUT2D eigenvalue weighted by molar-refractivity contribution is -0.140. The van der Waals surface area contributed by atoms with Gasteiger partial charge in [0.25, 0.3) is 0 Å². The van der Waals surface area contributed by atoms with Crippen LogP contribution in [0.25, 0.3) is 11.3 Å². The van der Waals surface area contributed by atoms with E-state index < -0.39 is 12.0 Å². The summed E-state index contributed by atoms with van der Waals surface area (Å²) in [5.74, 6) is -0.284. The van der Waals surface area contributed by atoms with E-state index in [0.717, 1.165) is 0 Å². The molecule has 0 radical (unpaired) electrons. The molecule has 2 rings (SSSR count). The standard InChI is InChI=1S/C16H18FNO3/c1-10(2)15(16(19)20)18-9-11-7-8-14(21-11)12-5-3-4-6-13(12)17/h3-8,10,15,18H,9H2,1-2H3,(H,19,20)/t15-/m0/s1. The Morgan fingerprint density at radius 1 is 1.29 bits per heavy atom. The molecule has 1 atom stereocenters. The van der Waals surface area contributed by atoms with Crippen LogP contribution in [-0.2, 0) is 11.3 Å². The van der Waals surface area contributed by atoms with Crippen molar-refractivity contribution in [2.75, 3.05) is 0 Å². The summed E-state index contributed by atoms with van der Waals surface area (Å²) < 4.78 is 19.2. The second-order valence-electron chi connectivity index (χ2n) is 5.19. The minimum Gasteiger partial charge on any atom is -0.480 e. The van der Waals surface area contributed by atoms with Gasteiger partial charge in [-0.05, 0) is 30.2 Å². The summed E-state index contributed by atoms with van der Waals surface area (Å²) >= 11 is 0. The number of furan rings is 1.